The SMILES string of the molecule is COC(=O)c1ccc2c(c1)C(C)(C)C(/C=C1/C(=O)C(/C=C3/N(CCCC(F)(F)F)c4ccc(C(=O)O)cc4C3(C)C)=C1O)=[N+]2CCCC(F)(F)F. The number of ketones is 1. The van der Waals surface area contributed by atoms with Crippen LogP contribution in [0.25, 0.3) is 0 Å². The fourth-order valence-corrected chi connectivity index (χ4v) is 6.99. The van der Waals surface area contributed by atoms with Crippen molar-refractivity contribution in [1.82, 2.24) is 0 Å². The second kappa shape index (κ2) is 13.0. The number of carbonyl (C=O) groups is 3. The van der Waals surface area contributed by atoms with E-state index in [-0.39, 0.29) is 48.2 Å². The Hall–Kier alpha value is -4.88. The van der Waals surface area contributed by atoms with Crippen molar-refractivity contribution in [3.8, 4) is 0 Å². The van der Waals surface area contributed by atoms with E-state index in [1.165, 1.54) is 43.5 Å². The summed E-state index contributed by atoms with van der Waals surface area (Å²) in [7, 11) is 1.22. The standard InChI is InChI=1S/C37H36F6N2O6/c1-34(2)24-16-20(32(48)49)8-10-26(24)44(14-6-12-36(38,39)40)28(34)18-22-30(46)23(31(22)47)19-29-35(3,4)25-17-21(33(50)51-5)9-11-27(25)45(29)15-7-13-37(41,42)43/h8-11,16-19H,6-7,12-15H2,1-5H3,(H-,46,47,48,49)/p+1. The first-order valence-electron chi connectivity index (χ1n) is 16.2. The lowest BCUT2D eigenvalue weighted by molar-refractivity contribution is -0.439. The molecule has 8 nitrogen and oxygen atoms in total. The summed E-state index contributed by atoms with van der Waals surface area (Å²) in [6, 6.07) is 8.96. The highest BCUT2D eigenvalue weighted by Crippen LogP contribution is 2.50. The number of rotatable bonds is 10. The van der Waals surface area contributed by atoms with Crippen LogP contribution in [-0.4, -0.2) is 70.8 Å². The third-order valence-electron chi connectivity index (χ3n) is 9.70. The molecular weight excluding hydrogens is 682 g/mol. The first-order valence-corrected chi connectivity index (χ1v) is 16.2. The van der Waals surface area contributed by atoms with E-state index in [0.717, 1.165) is 0 Å². The van der Waals surface area contributed by atoms with Crippen LogP contribution >= 0.6 is 0 Å². The highest BCUT2D eigenvalue weighted by atomic mass is 19.4. The van der Waals surface area contributed by atoms with Crippen LogP contribution in [0, 0.1) is 0 Å². The molecule has 0 aromatic heterocycles. The number of nitrogens with zero attached hydrogens (tertiary/aromatic N) is 2. The van der Waals surface area contributed by atoms with E-state index in [2.05, 4.69) is 0 Å². The van der Waals surface area contributed by atoms with Crippen molar-refractivity contribution in [3.05, 3.63) is 93.4 Å². The van der Waals surface area contributed by atoms with Crippen LogP contribution in [0.4, 0.5) is 37.7 Å². The zero-order valence-corrected chi connectivity index (χ0v) is 28.6. The maximum Gasteiger partial charge on any atom is 0.389 e. The van der Waals surface area contributed by atoms with Gasteiger partial charge in [-0.15, -0.1) is 0 Å². The number of anilines is 1. The molecule has 0 bridgehead atoms. The summed E-state index contributed by atoms with van der Waals surface area (Å²) in [5.41, 5.74) is 0.942. The summed E-state index contributed by atoms with van der Waals surface area (Å²) >= 11 is 0. The van der Waals surface area contributed by atoms with Gasteiger partial charge in [-0.1, -0.05) is 13.8 Å². The van der Waals surface area contributed by atoms with Crippen molar-refractivity contribution >= 4 is 34.8 Å². The van der Waals surface area contributed by atoms with E-state index in [0.29, 0.717) is 33.9 Å². The molecule has 2 aromatic carbocycles. The third kappa shape index (κ3) is 7.05. The van der Waals surface area contributed by atoms with Crippen LogP contribution in [0.5, 0.6) is 0 Å². The number of carboxylic acid groups (broad SMARTS) is 1. The first-order chi connectivity index (χ1) is 23.6. The molecule has 2 N–H and O–H groups in total. The van der Waals surface area contributed by atoms with Gasteiger partial charge in [-0.2, -0.15) is 30.9 Å². The van der Waals surface area contributed by atoms with Crippen molar-refractivity contribution in [2.24, 2.45) is 0 Å². The number of methoxy groups -OCH3 is 1. The Labute approximate surface area is 290 Å². The molecule has 0 unspecified atom stereocenters. The summed E-state index contributed by atoms with van der Waals surface area (Å²) in [5.74, 6) is -2.81. The third-order valence-corrected chi connectivity index (χ3v) is 9.70. The molecule has 0 saturated carbocycles. The number of aromatic carboxylic acids is 1. The fourth-order valence-electron chi connectivity index (χ4n) is 6.99. The average molecular weight is 720 g/mol. The van der Waals surface area contributed by atoms with Crippen molar-refractivity contribution < 1.29 is 60.3 Å². The van der Waals surface area contributed by atoms with Crippen LogP contribution in [0.3, 0.4) is 0 Å². The molecule has 0 amide bonds. The normalized spacial score (nSPS) is 19.5. The topological polar surface area (TPSA) is 107 Å². The Balaban J connectivity index is 1.58. The molecule has 51 heavy (non-hydrogen) atoms. The van der Waals surface area contributed by atoms with Crippen molar-refractivity contribution in [2.45, 2.75) is 76.6 Å². The number of halogens is 6. The number of hydrogen-bond donors (Lipinski definition) is 2. The van der Waals surface area contributed by atoms with Crippen LogP contribution in [-0.2, 0) is 20.4 Å². The average Bonchev–Trinajstić information content (AvgIpc) is 3.38. The number of carboxylic acids is 1. The quantitative estimate of drug-likeness (QED) is 0.110. The summed E-state index contributed by atoms with van der Waals surface area (Å²) < 4.78 is 85.2. The molecule has 0 radical (unpaired) electrons. The zero-order chi connectivity index (χ0) is 37.8. The Morgan fingerprint density at radius 3 is 2.08 bits per heavy atom. The second-order valence-corrected chi connectivity index (χ2v) is 13.8. The van der Waals surface area contributed by atoms with Gasteiger partial charge in [0.25, 0.3) is 0 Å². The molecule has 272 valence electrons. The van der Waals surface area contributed by atoms with Gasteiger partial charge in [0, 0.05) is 60.3 Å². The number of allylic oxidation sites excluding steroid dienone is 5. The Morgan fingerprint density at radius 1 is 0.882 bits per heavy atom. The number of benzene rings is 2. The van der Waals surface area contributed by atoms with E-state index >= 15 is 0 Å². The summed E-state index contributed by atoms with van der Waals surface area (Å²) in [6.45, 7) is 6.83. The highest BCUT2D eigenvalue weighted by molar-refractivity contribution is 6.24. The summed E-state index contributed by atoms with van der Waals surface area (Å²) in [4.78, 5) is 39.4. The molecule has 0 fully saturated rings. The van der Waals surface area contributed by atoms with E-state index in [4.69, 9.17) is 4.74 Å². The minimum Gasteiger partial charge on any atom is -0.506 e. The van der Waals surface area contributed by atoms with E-state index in [1.54, 1.807) is 49.3 Å². The Morgan fingerprint density at radius 2 is 1.49 bits per heavy atom. The molecule has 0 atom stereocenters. The number of esters is 1. The summed E-state index contributed by atoms with van der Waals surface area (Å²) in [6.07, 6.45) is -8.70. The van der Waals surface area contributed by atoms with Gasteiger partial charge in [0.2, 0.25) is 11.5 Å². The number of Topliss-reactive ketones (excluding diaryl/α,β-unsaturated/α-hetero) is 1. The predicted octanol–water partition coefficient (Wildman–Crippen LogP) is 8.24. The number of aliphatic hydroxyl groups excluding tert-OH is 1. The molecule has 2 heterocycles. The van der Waals surface area contributed by atoms with Gasteiger partial charge < -0.3 is 19.8 Å². The molecule has 0 saturated heterocycles. The van der Waals surface area contributed by atoms with Gasteiger partial charge in [-0.3, -0.25) is 4.79 Å². The largest absolute Gasteiger partial charge is 0.506 e. The Bertz CT molecular complexity index is 1950. The van der Waals surface area contributed by atoms with Crippen molar-refractivity contribution in [3.63, 3.8) is 0 Å². The van der Waals surface area contributed by atoms with Gasteiger partial charge in [0.1, 0.15) is 12.3 Å². The molecule has 5 rings (SSSR count). The van der Waals surface area contributed by atoms with Gasteiger partial charge in [0.15, 0.2) is 5.71 Å². The summed E-state index contributed by atoms with van der Waals surface area (Å²) in [5, 5.41) is 20.9. The number of ether oxygens (including phenoxy) is 1. The molecular formula is C37H37F6N2O6+. The minimum absolute atomic E-state index is 0.0268. The van der Waals surface area contributed by atoms with E-state index in [9.17, 15) is 50.9 Å². The zero-order valence-electron chi connectivity index (χ0n) is 28.6. The fraction of sp³-hybridized carbons (Fsp3) is 0.405. The maximum atomic E-state index is 13.7. The number of aliphatic hydroxyl groups is 1. The van der Waals surface area contributed by atoms with Gasteiger partial charge in [-0.25, -0.2) is 9.59 Å². The number of carbonyl (C=O) groups excluding carboxylic acids is 2. The molecule has 14 heteroatoms. The van der Waals surface area contributed by atoms with Gasteiger partial charge >= 0.3 is 24.3 Å². The minimum atomic E-state index is -4.41. The van der Waals surface area contributed by atoms with Crippen molar-refractivity contribution in [1.29, 1.82) is 0 Å². The number of hydrogen-bond acceptors (Lipinski definition) is 6. The molecule has 0 spiro atoms. The van der Waals surface area contributed by atoms with E-state index in [1.807, 2.05) is 0 Å². The van der Waals surface area contributed by atoms with Crippen LogP contribution in [0.2, 0.25) is 0 Å². The lowest BCUT2D eigenvalue weighted by Gasteiger charge is -2.29. The van der Waals surface area contributed by atoms with Crippen molar-refractivity contribution in [2.75, 3.05) is 25.1 Å². The van der Waals surface area contributed by atoms with E-state index < -0.39 is 59.5 Å². The lowest BCUT2D eigenvalue weighted by atomic mass is 9.77. The molecule has 1 aliphatic carbocycles. The molecule has 3 aliphatic rings. The maximum absolute atomic E-state index is 13.7. The predicted molar refractivity (Wildman–Crippen MR) is 176 cm³/mol. The van der Waals surface area contributed by atoms with Crippen LogP contribution in [0.15, 0.2) is 71.2 Å². The van der Waals surface area contributed by atoms with Crippen LogP contribution in [0.1, 0.15) is 85.2 Å². The highest BCUT2D eigenvalue weighted by Gasteiger charge is 2.48. The first kappa shape index (κ1) is 37.4. The second-order valence-electron chi connectivity index (χ2n) is 13.8. The Kier molecular flexibility index (Phi) is 9.55. The number of alkyl halides is 6. The number of fused-ring (bicyclic) bond motifs is 2. The molecule has 2 aromatic rings. The van der Waals surface area contributed by atoms with Gasteiger partial charge in [0.05, 0.1) is 34.8 Å². The van der Waals surface area contributed by atoms with Crippen LogP contribution < -0.4 is 4.90 Å². The van der Waals surface area contributed by atoms with Gasteiger partial charge in [-0.05, 0) is 62.2 Å². The monoisotopic (exact) mass is 719 g/mol. The molecule has 2 aliphatic heterocycles. The smallest absolute Gasteiger partial charge is 0.389 e. The lowest BCUT2D eigenvalue weighted by Crippen LogP contribution is -2.32.